The molecule has 1 atom stereocenters. The Hall–Kier alpha value is -1.72. The summed E-state index contributed by atoms with van der Waals surface area (Å²) in [6, 6.07) is 14.1. The van der Waals surface area contributed by atoms with Crippen molar-refractivity contribution in [3.8, 4) is 16.9 Å². The maximum absolute atomic E-state index is 12.5. The zero-order valence-electron chi connectivity index (χ0n) is 12.3. The highest BCUT2D eigenvalue weighted by Crippen LogP contribution is 2.34. The smallest absolute Gasteiger partial charge is 0.405 e. The fraction of sp³-hybridized carbons (Fsp3) is 0.294. The van der Waals surface area contributed by atoms with Gasteiger partial charge in [-0.2, -0.15) is 0 Å². The maximum Gasteiger partial charge on any atom is 0.573 e. The van der Waals surface area contributed by atoms with E-state index < -0.39 is 6.36 Å². The van der Waals surface area contributed by atoms with Gasteiger partial charge in [-0.05, 0) is 36.6 Å². The molecule has 1 saturated heterocycles. The number of para-hydroxylation sites is 1. The Morgan fingerprint density at radius 2 is 1.70 bits per heavy atom. The van der Waals surface area contributed by atoms with E-state index in [-0.39, 0.29) is 18.2 Å². The van der Waals surface area contributed by atoms with Gasteiger partial charge in [0, 0.05) is 11.6 Å². The highest BCUT2D eigenvalue weighted by atomic mass is 35.5. The van der Waals surface area contributed by atoms with Crippen molar-refractivity contribution in [3.63, 3.8) is 0 Å². The predicted molar refractivity (Wildman–Crippen MR) is 85.8 cm³/mol. The van der Waals surface area contributed by atoms with Crippen LogP contribution in [-0.4, -0.2) is 12.9 Å². The van der Waals surface area contributed by atoms with Crippen molar-refractivity contribution in [2.75, 3.05) is 6.54 Å². The first-order chi connectivity index (χ1) is 10.5. The molecule has 0 spiro atoms. The first kappa shape index (κ1) is 17.6. The Balaban J connectivity index is 0.00000192. The van der Waals surface area contributed by atoms with Crippen molar-refractivity contribution in [2.45, 2.75) is 25.2 Å². The average molecular weight is 344 g/mol. The van der Waals surface area contributed by atoms with Crippen molar-refractivity contribution >= 4 is 12.4 Å². The van der Waals surface area contributed by atoms with Crippen molar-refractivity contribution < 1.29 is 17.9 Å². The molecular weight excluding hydrogens is 327 g/mol. The third kappa shape index (κ3) is 4.39. The van der Waals surface area contributed by atoms with Gasteiger partial charge in [-0.3, -0.25) is 0 Å². The summed E-state index contributed by atoms with van der Waals surface area (Å²) < 4.78 is 41.5. The Bertz CT molecular complexity index is 637. The van der Waals surface area contributed by atoms with Gasteiger partial charge in [-0.25, -0.2) is 0 Å². The number of hydrogen-bond donors (Lipinski definition) is 1. The second-order valence-corrected chi connectivity index (χ2v) is 5.31. The number of halogens is 4. The summed E-state index contributed by atoms with van der Waals surface area (Å²) >= 11 is 0. The number of hydrogen-bond acceptors (Lipinski definition) is 2. The van der Waals surface area contributed by atoms with Crippen LogP contribution in [0.25, 0.3) is 11.1 Å². The van der Waals surface area contributed by atoms with E-state index in [0.29, 0.717) is 17.2 Å². The van der Waals surface area contributed by atoms with Crippen molar-refractivity contribution in [1.82, 2.24) is 5.32 Å². The molecule has 0 radical (unpaired) electrons. The lowest BCUT2D eigenvalue weighted by molar-refractivity contribution is -0.274. The second kappa shape index (κ2) is 7.23. The highest BCUT2D eigenvalue weighted by Gasteiger charge is 2.32. The highest BCUT2D eigenvalue weighted by molar-refractivity contribution is 5.85. The number of rotatable bonds is 3. The first-order valence-electron chi connectivity index (χ1n) is 7.21. The molecule has 124 valence electrons. The number of benzene rings is 2. The molecule has 0 amide bonds. The van der Waals surface area contributed by atoms with E-state index in [1.54, 1.807) is 12.1 Å². The van der Waals surface area contributed by atoms with Crippen LogP contribution in [0.1, 0.15) is 24.4 Å². The Morgan fingerprint density at radius 3 is 2.30 bits per heavy atom. The van der Waals surface area contributed by atoms with E-state index in [1.165, 1.54) is 12.1 Å². The van der Waals surface area contributed by atoms with Gasteiger partial charge in [0.05, 0.1) is 0 Å². The number of nitrogens with one attached hydrogen (secondary N) is 1. The molecule has 0 bridgehead atoms. The fourth-order valence-corrected chi connectivity index (χ4v) is 2.78. The Kier molecular flexibility index (Phi) is 5.55. The van der Waals surface area contributed by atoms with Gasteiger partial charge in [0.25, 0.3) is 0 Å². The molecule has 1 fully saturated rings. The molecule has 1 aliphatic heterocycles. The summed E-state index contributed by atoms with van der Waals surface area (Å²) in [6.07, 6.45) is -2.45. The average Bonchev–Trinajstić information content (AvgIpc) is 3.01. The Labute approximate surface area is 139 Å². The monoisotopic (exact) mass is 343 g/mol. The van der Waals surface area contributed by atoms with Crippen LogP contribution in [-0.2, 0) is 0 Å². The second-order valence-electron chi connectivity index (χ2n) is 5.31. The normalized spacial score (nSPS) is 17.6. The van der Waals surface area contributed by atoms with Gasteiger partial charge in [-0.1, -0.05) is 42.5 Å². The quantitative estimate of drug-likeness (QED) is 0.837. The summed E-state index contributed by atoms with van der Waals surface area (Å²) in [5.41, 5.74) is 2.31. The zero-order chi connectivity index (χ0) is 15.6. The van der Waals surface area contributed by atoms with Crippen LogP contribution >= 0.6 is 12.4 Å². The molecule has 6 heteroatoms. The minimum Gasteiger partial charge on any atom is -0.405 e. The van der Waals surface area contributed by atoms with Crippen LogP contribution in [0.5, 0.6) is 5.75 Å². The molecule has 2 aromatic carbocycles. The van der Waals surface area contributed by atoms with Gasteiger partial charge in [0.1, 0.15) is 5.75 Å². The first-order valence-corrected chi connectivity index (χ1v) is 7.21. The molecule has 1 N–H and O–H groups in total. The minimum absolute atomic E-state index is 0. The van der Waals surface area contributed by atoms with E-state index in [0.717, 1.165) is 24.9 Å². The maximum atomic E-state index is 12.5. The van der Waals surface area contributed by atoms with Gasteiger partial charge >= 0.3 is 6.36 Å². The van der Waals surface area contributed by atoms with Crippen LogP contribution in [0.15, 0.2) is 48.5 Å². The molecule has 1 aliphatic rings. The molecule has 23 heavy (non-hydrogen) atoms. The van der Waals surface area contributed by atoms with E-state index in [9.17, 15) is 13.2 Å². The molecule has 0 saturated carbocycles. The minimum atomic E-state index is -4.69. The van der Waals surface area contributed by atoms with Crippen LogP contribution < -0.4 is 10.1 Å². The fourth-order valence-electron chi connectivity index (χ4n) is 2.78. The van der Waals surface area contributed by atoms with Crippen molar-refractivity contribution in [2.24, 2.45) is 0 Å². The molecule has 1 unspecified atom stereocenters. The topological polar surface area (TPSA) is 21.3 Å². The van der Waals surface area contributed by atoms with Crippen molar-refractivity contribution in [3.05, 3.63) is 54.1 Å². The van der Waals surface area contributed by atoms with E-state index in [4.69, 9.17) is 0 Å². The molecule has 3 rings (SSSR count). The number of ether oxygens (including phenoxy) is 1. The molecule has 1 heterocycles. The molecule has 2 nitrogen and oxygen atoms in total. The lowest BCUT2D eigenvalue weighted by Gasteiger charge is -2.14. The van der Waals surface area contributed by atoms with E-state index in [1.807, 2.05) is 24.3 Å². The molecule has 0 aromatic heterocycles. The summed E-state index contributed by atoms with van der Waals surface area (Å²) in [4.78, 5) is 0. The standard InChI is InChI=1S/C17H16F3NO.ClH/c18-17(19,20)22-16-6-2-1-4-14(16)12-7-9-13(10-8-12)15-5-3-11-21-15;/h1-2,4,6-10,15,21H,3,5,11H2;1H. The molecular formula is C17H17ClF3NO. The van der Waals surface area contributed by atoms with E-state index >= 15 is 0 Å². The summed E-state index contributed by atoms with van der Waals surface area (Å²) in [7, 11) is 0. The van der Waals surface area contributed by atoms with Crippen LogP contribution in [0, 0.1) is 0 Å². The van der Waals surface area contributed by atoms with Gasteiger partial charge in [0.2, 0.25) is 0 Å². The largest absolute Gasteiger partial charge is 0.573 e. The molecule has 2 aromatic rings. The van der Waals surface area contributed by atoms with Gasteiger partial charge < -0.3 is 10.1 Å². The van der Waals surface area contributed by atoms with Crippen molar-refractivity contribution in [1.29, 1.82) is 0 Å². The van der Waals surface area contributed by atoms with E-state index in [2.05, 4.69) is 10.1 Å². The Morgan fingerprint density at radius 1 is 1.00 bits per heavy atom. The summed E-state index contributed by atoms with van der Waals surface area (Å²) in [5.74, 6) is -0.179. The third-order valence-electron chi connectivity index (χ3n) is 3.80. The summed E-state index contributed by atoms with van der Waals surface area (Å²) in [5, 5.41) is 3.40. The molecule has 0 aliphatic carbocycles. The number of alkyl halides is 3. The summed E-state index contributed by atoms with van der Waals surface area (Å²) in [6.45, 7) is 1.01. The van der Waals surface area contributed by atoms with Gasteiger partial charge in [-0.15, -0.1) is 25.6 Å². The lowest BCUT2D eigenvalue weighted by Crippen LogP contribution is -2.17. The van der Waals surface area contributed by atoms with Crippen LogP contribution in [0.3, 0.4) is 0 Å². The van der Waals surface area contributed by atoms with Gasteiger partial charge in [0.15, 0.2) is 0 Å². The predicted octanol–water partition coefficient (Wildman–Crippen LogP) is 5.10. The zero-order valence-corrected chi connectivity index (χ0v) is 13.1. The van der Waals surface area contributed by atoms with Crippen LogP contribution in [0.2, 0.25) is 0 Å². The third-order valence-corrected chi connectivity index (χ3v) is 3.80. The lowest BCUT2D eigenvalue weighted by atomic mass is 9.99. The van der Waals surface area contributed by atoms with Crippen LogP contribution in [0.4, 0.5) is 13.2 Å². The SMILES string of the molecule is Cl.FC(F)(F)Oc1ccccc1-c1ccc(C2CCCN2)cc1.